The maximum atomic E-state index is 8.26. The van der Waals surface area contributed by atoms with Crippen LogP contribution in [0.15, 0.2) is 0 Å². The van der Waals surface area contributed by atoms with E-state index in [1.54, 1.807) is 0 Å². The fourth-order valence-electron chi connectivity index (χ4n) is 1.92. The first kappa shape index (κ1) is 16.6. The molecule has 0 amide bonds. The third-order valence-electron chi connectivity index (χ3n) is 2.97. The summed E-state index contributed by atoms with van der Waals surface area (Å²) in [6.07, 6.45) is 17.1. The van der Waals surface area contributed by atoms with Gasteiger partial charge in [0.05, 0.1) is 0 Å². The van der Waals surface area contributed by atoms with Gasteiger partial charge in [0, 0.05) is 5.75 Å². The molecular formula is C14H28N2S. The lowest BCUT2D eigenvalue weighted by atomic mass is 10.1. The molecule has 0 fully saturated rings. The van der Waals surface area contributed by atoms with Gasteiger partial charge in [0.15, 0.2) is 6.19 Å². The lowest BCUT2D eigenvalue weighted by molar-refractivity contribution is 0.555. The van der Waals surface area contributed by atoms with Crippen molar-refractivity contribution in [3.8, 4) is 6.19 Å². The Labute approximate surface area is 112 Å². The molecule has 100 valence electrons. The fourth-order valence-corrected chi connectivity index (χ4v) is 2.44. The highest BCUT2D eigenvalue weighted by Crippen LogP contribution is 2.11. The zero-order chi connectivity index (χ0) is 12.6. The second kappa shape index (κ2) is 15.6. The van der Waals surface area contributed by atoms with Gasteiger partial charge in [-0.2, -0.15) is 5.26 Å². The number of nitrogens with zero attached hydrogens (tertiary/aromatic N) is 1. The molecule has 0 saturated heterocycles. The zero-order valence-corrected chi connectivity index (χ0v) is 12.2. The van der Waals surface area contributed by atoms with Gasteiger partial charge >= 0.3 is 0 Å². The van der Waals surface area contributed by atoms with E-state index in [2.05, 4.69) is 11.6 Å². The minimum Gasteiger partial charge on any atom is -0.267 e. The smallest absolute Gasteiger partial charge is 0.187 e. The number of hydrogen-bond acceptors (Lipinski definition) is 3. The van der Waals surface area contributed by atoms with E-state index in [0.29, 0.717) is 0 Å². The summed E-state index contributed by atoms with van der Waals surface area (Å²) in [5.74, 6) is 1.06. The van der Waals surface area contributed by atoms with Gasteiger partial charge in [-0.25, -0.2) is 0 Å². The molecule has 0 aliphatic heterocycles. The number of rotatable bonds is 13. The highest BCUT2D eigenvalue weighted by atomic mass is 32.2. The Balaban J connectivity index is 2.87. The Hall–Kier alpha value is -0.360. The van der Waals surface area contributed by atoms with Crippen LogP contribution in [0.5, 0.6) is 0 Å². The van der Waals surface area contributed by atoms with E-state index in [-0.39, 0.29) is 0 Å². The molecule has 0 rings (SSSR count). The minimum atomic E-state index is 1.06. The third-order valence-corrected chi connectivity index (χ3v) is 3.70. The average molecular weight is 256 g/mol. The summed E-state index contributed by atoms with van der Waals surface area (Å²) in [5, 5.41) is 8.26. The molecule has 2 nitrogen and oxygen atoms in total. The quantitative estimate of drug-likeness (QED) is 0.218. The van der Waals surface area contributed by atoms with Crippen LogP contribution in [0, 0.1) is 11.5 Å². The lowest BCUT2D eigenvalue weighted by Gasteiger charge is -2.02. The van der Waals surface area contributed by atoms with Gasteiger partial charge in [-0.3, -0.25) is 4.72 Å². The van der Waals surface area contributed by atoms with Crippen LogP contribution in [0.4, 0.5) is 0 Å². The van der Waals surface area contributed by atoms with Crippen molar-refractivity contribution in [3.63, 3.8) is 0 Å². The van der Waals surface area contributed by atoms with Gasteiger partial charge in [-0.05, 0) is 18.4 Å². The summed E-state index contributed by atoms with van der Waals surface area (Å²) in [4.78, 5) is 0. The van der Waals surface area contributed by atoms with E-state index < -0.39 is 0 Å². The van der Waals surface area contributed by atoms with E-state index in [4.69, 9.17) is 5.26 Å². The van der Waals surface area contributed by atoms with E-state index >= 15 is 0 Å². The first-order valence-corrected chi connectivity index (χ1v) is 8.16. The summed E-state index contributed by atoms with van der Waals surface area (Å²) >= 11 is 1.52. The maximum Gasteiger partial charge on any atom is 0.187 e. The van der Waals surface area contributed by atoms with Crippen LogP contribution in [0.2, 0.25) is 0 Å². The average Bonchev–Trinajstić information content (AvgIpc) is 2.35. The first-order chi connectivity index (χ1) is 8.41. The van der Waals surface area contributed by atoms with Gasteiger partial charge in [0.1, 0.15) is 0 Å². The topological polar surface area (TPSA) is 35.8 Å². The van der Waals surface area contributed by atoms with Crippen LogP contribution in [0.1, 0.15) is 77.6 Å². The molecule has 0 aliphatic carbocycles. The molecule has 3 heteroatoms. The largest absolute Gasteiger partial charge is 0.267 e. The van der Waals surface area contributed by atoms with E-state index in [1.165, 1.54) is 82.6 Å². The molecule has 0 aromatic heterocycles. The summed E-state index contributed by atoms with van der Waals surface area (Å²) in [6.45, 7) is 2.27. The molecule has 0 bridgehead atoms. The van der Waals surface area contributed by atoms with Crippen LogP contribution in [-0.4, -0.2) is 5.75 Å². The van der Waals surface area contributed by atoms with Crippen LogP contribution >= 0.6 is 11.9 Å². The molecule has 0 spiro atoms. The molecule has 17 heavy (non-hydrogen) atoms. The molecular weight excluding hydrogens is 228 g/mol. The highest BCUT2D eigenvalue weighted by molar-refractivity contribution is 7.97. The fraction of sp³-hybridized carbons (Fsp3) is 0.929. The van der Waals surface area contributed by atoms with Crippen molar-refractivity contribution in [2.75, 3.05) is 5.75 Å². The van der Waals surface area contributed by atoms with E-state index in [0.717, 1.165) is 5.75 Å². The van der Waals surface area contributed by atoms with Crippen molar-refractivity contribution in [2.45, 2.75) is 77.6 Å². The van der Waals surface area contributed by atoms with Crippen LogP contribution < -0.4 is 4.72 Å². The monoisotopic (exact) mass is 256 g/mol. The number of unbranched alkanes of at least 4 members (excludes halogenated alkanes) is 10. The second-order valence-electron chi connectivity index (χ2n) is 4.60. The normalized spacial score (nSPS) is 10.1. The third kappa shape index (κ3) is 15.6. The maximum absolute atomic E-state index is 8.26. The Bertz CT molecular complexity index is 178. The Morgan fingerprint density at radius 1 is 0.824 bits per heavy atom. The molecule has 0 unspecified atom stereocenters. The molecule has 0 atom stereocenters. The van der Waals surface area contributed by atoms with E-state index in [9.17, 15) is 0 Å². The standard InChI is InChI=1S/C14H28N2S/c1-2-3-4-5-6-7-8-9-10-11-12-13-17-16-14-15/h16H,2-13H2,1H3. The minimum absolute atomic E-state index is 1.06. The number of nitriles is 1. The van der Waals surface area contributed by atoms with Crippen molar-refractivity contribution in [1.29, 1.82) is 5.26 Å². The lowest BCUT2D eigenvalue weighted by Crippen LogP contribution is -1.93. The Morgan fingerprint density at radius 2 is 1.29 bits per heavy atom. The Morgan fingerprint density at radius 3 is 1.76 bits per heavy atom. The summed E-state index contributed by atoms with van der Waals surface area (Å²) in [5.41, 5.74) is 0. The Kier molecular flexibility index (Phi) is 15.3. The zero-order valence-electron chi connectivity index (χ0n) is 11.3. The molecule has 1 N–H and O–H groups in total. The van der Waals surface area contributed by atoms with Crippen LogP contribution in [0.3, 0.4) is 0 Å². The predicted octanol–water partition coefficient (Wildman–Crippen LogP) is 5.02. The van der Waals surface area contributed by atoms with Crippen LogP contribution in [0.25, 0.3) is 0 Å². The van der Waals surface area contributed by atoms with Gasteiger partial charge < -0.3 is 0 Å². The van der Waals surface area contributed by atoms with Gasteiger partial charge in [-0.15, -0.1) is 0 Å². The second-order valence-corrected chi connectivity index (χ2v) is 5.50. The van der Waals surface area contributed by atoms with Crippen molar-refractivity contribution < 1.29 is 0 Å². The molecule has 0 heterocycles. The number of nitrogens with one attached hydrogen (secondary N) is 1. The van der Waals surface area contributed by atoms with Crippen molar-refractivity contribution in [3.05, 3.63) is 0 Å². The molecule has 0 saturated carbocycles. The van der Waals surface area contributed by atoms with Crippen molar-refractivity contribution >= 4 is 11.9 Å². The SMILES string of the molecule is CCCCCCCCCCCCCSNC#N. The number of hydrogen-bond donors (Lipinski definition) is 1. The van der Waals surface area contributed by atoms with Crippen LogP contribution in [-0.2, 0) is 0 Å². The van der Waals surface area contributed by atoms with Crippen molar-refractivity contribution in [2.24, 2.45) is 0 Å². The summed E-state index contributed by atoms with van der Waals surface area (Å²) in [7, 11) is 0. The summed E-state index contributed by atoms with van der Waals surface area (Å²) < 4.78 is 2.61. The van der Waals surface area contributed by atoms with Gasteiger partial charge in [0.25, 0.3) is 0 Å². The molecule has 0 aliphatic rings. The van der Waals surface area contributed by atoms with Gasteiger partial charge in [-0.1, -0.05) is 71.1 Å². The molecule has 0 radical (unpaired) electrons. The summed E-state index contributed by atoms with van der Waals surface area (Å²) in [6, 6.07) is 0. The highest BCUT2D eigenvalue weighted by Gasteiger charge is 1.93. The predicted molar refractivity (Wildman–Crippen MR) is 77.7 cm³/mol. The molecule has 0 aromatic carbocycles. The van der Waals surface area contributed by atoms with Crippen molar-refractivity contribution in [1.82, 2.24) is 4.72 Å². The van der Waals surface area contributed by atoms with E-state index in [1.807, 2.05) is 6.19 Å². The van der Waals surface area contributed by atoms with Gasteiger partial charge in [0.2, 0.25) is 0 Å². The first-order valence-electron chi connectivity index (χ1n) is 7.17. The molecule has 0 aromatic rings.